The molecule has 5 aromatic heterocycles. The monoisotopic (exact) mass is 514 g/mol. The summed E-state index contributed by atoms with van der Waals surface area (Å²) >= 11 is 0. The van der Waals surface area contributed by atoms with E-state index >= 15 is 0 Å². The number of H-pyrrole nitrogens is 2. The van der Waals surface area contributed by atoms with Crippen LogP contribution in [0.5, 0.6) is 0 Å². The van der Waals surface area contributed by atoms with Gasteiger partial charge in [0.05, 0.1) is 41.1 Å². The van der Waals surface area contributed by atoms with Crippen molar-refractivity contribution in [2.24, 2.45) is 0 Å². The second-order valence-corrected chi connectivity index (χ2v) is 10.4. The molecule has 0 aliphatic rings. The third-order valence-electron chi connectivity index (χ3n) is 5.91. The molecular formula is C25H19FN8O2S. The van der Waals surface area contributed by atoms with Crippen molar-refractivity contribution in [2.75, 3.05) is 6.26 Å². The Hall–Kier alpha value is -4.55. The Morgan fingerprint density at radius 1 is 0.892 bits per heavy atom. The summed E-state index contributed by atoms with van der Waals surface area (Å²) in [7, 11) is -3.42. The maximum atomic E-state index is 14.5. The molecule has 0 spiro atoms. The number of rotatable bonds is 6. The highest BCUT2D eigenvalue weighted by Gasteiger charge is 2.16. The smallest absolute Gasteiger partial charge is 0.209 e. The molecule has 0 amide bonds. The summed E-state index contributed by atoms with van der Waals surface area (Å²) in [6.07, 6.45) is 11.0. The van der Waals surface area contributed by atoms with Crippen LogP contribution in [0.2, 0.25) is 0 Å². The van der Waals surface area contributed by atoms with Gasteiger partial charge >= 0.3 is 0 Å². The summed E-state index contributed by atoms with van der Waals surface area (Å²) in [5, 5.41) is 9.19. The van der Waals surface area contributed by atoms with Gasteiger partial charge in [-0.25, -0.2) is 27.5 Å². The van der Waals surface area contributed by atoms with Crippen LogP contribution in [0.25, 0.3) is 55.6 Å². The van der Waals surface area contributed by atoms with Gasteiger partial charge in [-0.2, -0.15) is 5.10 Å². The second-order valence-electron chi connectivity index (χ2n) is 8.59. The Bertz CT molecular complexity index is 1880. The van der Waals surface area contributed by atoms with E-state index in [0.29, 0.717) is 28.1 Å². The van der Waals surface area contributed by atoms with Crippen molar-refractivity contribution in [2.45, 2.75) is 6.54 Å². The maximum Gasteiger partial charge on any atom is 0.209 e. The lowest BCUT2D eigenvalue weighted by atomic mass is 10.0. The van der Waals surface area contributed by atoms with Gasteiger partial charge in [0, 0.05) is 47.0 Å². The Balaban J connectivity index is 1.44. The average molecular weight is 515 g/mol. The van der Waals surface area contributed by atoms with E-state index in [1.54, 1.807) is 37.1 Å². The fourth-order valence-corrected chi connectivity index (χ4v) is 4.67. The zero-order chi connectivity index (χ0) is 25.6. The number of sulfonamides is 1. The number of fused-ring (bicyclic) bond motifs is 2. The van der Waals surface area contributed by atoms with Crippen LogP contribution in [0.1, 0.15) is 5.56 Å². The van der Waals surface area contributed by atoms with E-state index < -0.39 is 15.8 Å². The minimum absolute atomic E-state index is 0.0204. The minimum atomic E-state index is -3.42. The van der Waals surface area contributed by atoms with Gasteiger partial charge in [-0.15, -0.1) is 0 Å². The minimum Gasteiger partial charge on any atom is -0.352 e. The van der Waals surface area contributed by atoms with Gasteiger partial charge in [-0.1, -0.05) is 0 Å². The highest BCUT2D eigenvalue weighted by molar-refractivity contribution is 7.88. The quantitative estimate of drug-likeness (QED) is 0.307. The number of nitrogens with zero attached hydrogens (tertiary/aromatic N) is 5. The number of nitrogens with one attached hydrogen (secondary N) is 3. The molecule has 0 saturated heterocycles. The summed E-state index contributed by atoms with van der Waals surface area (Å²) in [4.78, 5) is 20.3. The predicted octanol–water partition coefficient (Wildman–Crippen LogP) is 3.81. The van der Waals surface area contributed by atoms with Crippen molar-refractivity contribution in [3.8, 4) is 33.8 Å². The number of aromatic nitrogens is 7. The molecule has 10 nitrogen and oxygen atoms in total. The van der Waals surface area contributed by atoms with E-state index in [4.69, 9.17) is 0 Å². The zero-order valence-corrected chi connectivity index (χ0v) is 20.2. The number of benzene rings is 1. The largest absolute Gasteiger partial charge is 0.352 e. The van der Waals surface area contributed by atoms with Gasteiger partial charge in [0.25, 0.3) is 0 Å². The van der Waals surface area contributed by atoms with Crippen molar-refractivity contribution in [1.29, 1.82) is 0 Å². The molecule has 0 bridgehead atoms. The van der Waals surface area contributed by atoms with E-state index in [1.165, 1.54) is 18.5 Å². The molecule has 6 aromatic rings. The molecule has 0 aliphatic carbocycles. The maximum absolute atomic E-state index is 14.5. The van der Waals surface area contributed by atoms with Gasteiger partial charge in [0.15, 0.2) is 0 Å². The molecule has 0 saturated carbocycles. The van der Waals surface area contributed by atoms with E-state index in [2.05, 4.69) is 39.8 Å². The molecule has 37 heavy (non-hydrogen) atoms. The Labute approximate surface area is 210 Å². The van der Waals surface area contributed by atoms with E-state index in [9.17, 15) is 12.8 Å². The molecule has 12 heteroatoms. The van der Waals surface area contributed by atoms with Crippen molar-refractivity contribution < 1.29 is 12.8 Å². The summed E-state index contributed by atoms with van der Waals surface area (Å²) in [5.74, 6) is -0.473. The topological polar surface area (TPSA) is 142 Å². The van der Waals surface area contributed by atoms with Crippen LogP contribution >= 0.6 is 0 Å². The summed E-state index contributed by atoms with van der Waals surface area (Å²) in [6, 6.07) is 8.31. The normalized spacial score (nSPS) is 11.9. The molecule has 5 heterocycles. The zero-order valence-electron chi connectivity index (χ0n) is 19.4. The Morgan fingerprint density at radius 2 is 1.73 bits per heavy atom. The Morgan fingerprint density at radius 3 is 2.54 bits per heavy atom. The highest BCUT2D eigenvalue weighted by Crippen LogP contribution is 2.34. The molecule has 6 rings (SSSR count). The first-order valence-corrected chi connectivity index (χ1v) is 13.0. The SMILES string of the molecule is CS(=O)(=O)NCc1cc(F)cc(-c2cncc3[nH]c(-c4n[nH]c5cnc(-c6cncnc6)cc45)cc23)c1. The summed E-state index contributed by atoms with van der Waals surface area (Å²) in [6.45, 7) is -0.0204. The first-order valence-electron chi connectivity index (χ1n) is 11.2. The van der Waals surface area contributed by atoms with E-state index in [0.717, 1.165) is 39.3 Å². The van der Waals surface area contributed by atoms with Crippen molar-refractivity contribution >= 4 is 31.8 Å². The van der Waals surface area contributed by atoms with Crippen molar-refractivity contribution in [3.05, 3.63) is 79.0 Å². The summed E-state index contributed by atoms with van der Waals surface area (Å²) < 4.78 is 39.9. The number of hydrogen-bond acceptors (Lipinski definition) is 7. The molecule has 1 aromatic carbocycles. The average Bonchev–Trinajstić information content (AvgIpc) is 3.51. The second kappa shape index (κ2) is 8.84. The van der Waals surface area contributed by atoms with Gasteiger partial charge < -0.3 is 4.98 Å². The number of pyridine rings is 2. The molecule has 184 valence electrons. The van der Waals surface area contributed by atoms with Crippen LogP contribution < -0.4 is 4.72 Å². The lowest BCUT2D eigenvalue weighted by Gasteiger charge is -2.08. The molecule has 3 N–H and O–H groups in total. The summed E-state index contributed by atoms with van der Waals surface area (Å²) in [5.41, 5.74) is 6.21. The highest BCUT2D eigenvalue weighted by atomic mass is 32.2. The van der Waals surface area contributed by atoms with Gasteiger partial charge in [-0.05, 0) is 41.5 Å². The van der Waals surface area contributed by atoms with Crippen LogP contribution in [0.3, 0.4) is 0 Å². The molecule has 0 unspecified atom stereocenters. The first kappa shape index (κ1) is 22.9. The lowest BCUT2D eigenvalue weighted by molar-refractivity contribution is 0.586. The molecule has 0 radical (unpaired) electrons. The molecular weight excluding hydrogens is 495 g/mol. The lowest BCUT2D eigenvalue weighted by Crippen LogP contribution is -2.21. The van der Waals surface area contributed by atoms with Gasteiger partial charge in [0.2, 0.25) is 10.0 Å². The first-order chi connectivity index (χ1) is 17.8. The molecule has 0 fully saturated rings. The van der Waals surface area contributed by atoms with Crippen molar-refractivity contribution in [1.82, 2.24) is 39.8 Å². The number of aromatic amines is 2. The third-order valence-corrected chi connectivity index (χ3v) is 6.58. The number of hydrogen-bond donors (Lipinski definition) is 3. The van der Waals surface area contributed by atoms with Crippen LogP contribution in [0, 0.1) is 5.82 Å². The van der Waals surface area contributed by atoms with E-state index in [1.807, 2.05) is 12.1 Å². The molecule has 0 aliphatic heterocycles. The van der Waals surface area contributed by atoms with Crippen LogP contribution in [-0.2, 0) is 16.6 Å². The third kappa shape index (κ3) is 4.55. The molecule has 0 atom stereocenters. The van der Waals surface area contributed by atoms with Crippen molar-refractivity contribution in [3.63, 3.8) is 0 Å². The Kier molecular flexibility index (Phi) is 5.46. The standard InChI is InChI=1S/C25H19FN8O2S/c1-37(35,36)31-7-14-2-15(4-17(26)3-14)20-10-27-11-23-18(20)5-22(32-23)25-19-6-21(16-8-28-13-29-9-16)30-12-24(19)33-34-25/h2-6,8-13,31-32H,7H2,1H3,(H,33,34). The fourth-order valence-electron chi connectivity index (χ4n) is 4.24. The predicted molar refractivity (Wildman–Crippen MR) is 137 cm³/mol. The number of halogens is 1. The van der Waals surface area contributed by atoms with Crippen LogP contribution in [0.15, 0.2) is 67.6 Å². The van der Waals surface area contributed by atoms with Gasteiger partial charge in [-0.3, -0.25) is 15.1 Å². The van der Waals surface area contributed by atoms with Gasteiger partial charge in [0.1, 0.15) is 17.8 Å². The van der Waals surface area contributed by atoms with E-state index in [-0.39, 0.29) is 6.54 Å². The van der Waals surface area contributed by atoms with Crippen LogP contribution in [-0.4, -0.2) is 49.8 Å². The fraction of sp³-hybridized carbons (Fsp3) is 0.0800. The van der Waals surface area contributed by atoms with Crippen LogP contribution in [0.4, 0.5) is 4.39 Å².